The van der Waals surface area contributed by atoms with E-state index in [1.54, 1.807) is 7.11 Å². The van der Waals surface area contributed by atoms with E-state index < -0.39 is 0 Å². The van der Waals surface area contributed by atoms with Crippen molar-refractivity contribution in [1.29, 1.82) is 0 Å². The Bertz CT molecular complexity index is 441. The first-order chi connectivity index (χ1) is 9.70. The summed E-state index contributed by atoms with van der Waals surface area (Å²) in [6.07, 6.45) is 4.38. The fourth-order valence-electron chi connectivity index (χ4n) is 2.54. The van der Waals surface area contributed by atoms with Gasteiger partial charge in [0.2, 0.25) is 5.91 Å². The van der Waals surface area contributed by atoms with E-state index in [0.717, 1.165) is 12.8 Å². The van der Waals surface area contributed by atoms with Crippen LogP contribution < -0.4 is 14.8 Å². The predicted molar refractivity (Wildman–Crippen MR) is 78.1 cm³/mol. The third-order valence-corrected chi connectivity index (χ3v) is 3.67. The van der Waals surface area contributed by atoms with E-state index in [9.17, 15) is 4.79 Å². The van der Waals surface area contributed by atoms with Gasteiger partial charge in [-0.3, -0.25) is 4.79 Å². The van der Waals surface area contributed by atoms with Crippen LogP contribution in [-0.2, 0) is 4.79 Å². The maximum Gasteiger partial charge on any atom is 0.223 e. The van der Waals surface area contributed by atoms with Crippen molar-refractivity contribution in [2.24, 2.45) is 5.92 Å². The molecule has 1 fully saturated rings. The first-order valence-corrected chi connectivity index (χ1v) is 7.27. The number of para-hydroxylation sites is 2. The molecule has 0 spiro atoms. The maximum atomic E-state index is 12.0. The zero-order valence-electron chi connectivity index (χ0n) is 12.2. The number of benzene rings is 1. The fourth-order valence-corrected chi connectivity index (χ4v) is 2.54. The molecule has 1 atom stereocenters. The van der Waals surface area contributed by atoms with Crippen molar-refractivity contribution in [2.45, 2.75) is 38.6 Å². The molecule has 0 bridgehead atoms. The van der Waals surface area contributed by atoms with Gasteiger partial charge in [-0.1, -0.05) is 25.0 Å². The van der Waals surface area contributed by atoms with Crippen LogP contribution in [0.1, 0.15) is 32.6 Å². The molecule has 1 N–H and O–H groups in total. The summed E-state index contributed by atoms with van der Waals surface area (Å²) in [6, 6.07) is 7.52. The molecular weight excluding hydrogens is 254 g/mol. The van der Waals surface area contributed by atoms with Crippen LogP contribution in [0.3, 0.4) is 0 Å². The molecule has 1 aliphatic rings. The van der Waals surface area contributed by atoms with E-state index >= 15 is 0 Å². The van der Waals surface area contributed by atoms with Gasteiger partial charge in [-0.25, -0.2) is 0 Å². The van der Waals surface area contributed by atoms with Gasteiger partial charge in [-0.15, -0.1) is 0 Å². The van der Waals surface area contributed by atoms with Crippen LogP contribution in [0.2, 0.25) is 0 Å². The summed E-state index contributed by atoms with van der Waals surface area (Å²) in [4.78, 5) is 12.0. The van der Waals surface area contributed by atoms with Crippen molar-refractivity contribution in [2.75, 3.05) is 13.7 Å². The van der Waals surface area contributed by atoms with E-state index in [1.807, 2.05) is 31.2 Å². The van der Waals surface area contributed by atoms with Gasteiger partial charge >= 0.3 is 0 Å². The summed E-state index contributed by atoms with van der Waals surface area (Å²) in [7, 11) is 1.62. The normalized spacial score (nSPS) is 16.7. The van der Waals surface area contributed by atoms with Crippen molar-refractivity contribution in [1.82, 2.24) is 5.32 Å². The Balaban J connectivity index is 1.79. The summed E-state index contributed by atoms with van der Waals surface area (Å²) in [6.45, 7) is 2.40. The van der Waals surface area contributed by atoms with Gasteiger partial charge in [0.15, 0.2) is 11.5 Å². The van der Waals surface area contributed by atoms with Crippen LogP contribution in [-0.4, -0.2) is 25.7 Å². The van der Waals surface area contributed by atoms with Crippen molar-refractivity contribution in [3.8, 4) is 11.5 Å². The van der Waals surface area contributed by atoms with Crippen molar-refractivity contribution in [3.05, 3.63) is 24.3 Å². The molecule has 1 saturated carbocycles. The fraction of sp³-hybridized carbons (Fsp3) is 0.562. The van der Waals surface area contributed by atoms with Crippen molar-refractivity contribution < 1.29 is 14.3 Å². The molecule has 0 radical (unpaired) electrons. The van der Waals surface area contributed by atoms with Gasteiger partial charge in [0, 0.05) is 5.92 Å². The van der Waals surface area contributed by atoms with E-state index in [4.69, 9.17) is 9.47 Å². The van der Waals surface area contributed by atoms with Crippen molar-refractivity contribution in [3.63, 3.8) is 0 Å². The lowest BCUT2D eigenvalue weighted by molar-refractivity contribution is -0.125. The molecule has 0 saturated heterocycles. The number of carbonyl (C=O) groups is 1. The van der Waals surface area contributed by atoms with Gasteiger partial charge in [-0.05, 0) is 31.9 Å². The summed E-state index contributed by atoms with van der Waals surface area (Å²) in [5, 5.41) is 3.02. The van der Waals surface area contributed by atoms with Crippen LogP contribution in [0.15, 0.2) is 24.3 Å². The Hall–Kier alpha value is -1.71. The zero-order chi connectivity index (χ0) is 14.4. The highest BCUT2D eigenvalue weighted by Gasteiger charge is 2.23. The van der Waals surface area contributed by atoms with Gasteiger partial charge < -0.3 is 14.8 Å². The van der Waals surface area contributed by atoms with Gasteiger partial charge in [0.25, 0.3) is 0 Å². The number of rotatable bonds is 6. The molecule has 110 valence electrons. The molecule has 20 heavy (non-hydrogen) atoms. The lowest BCUT2D eigenvalue weighted by Gasteiger charge is -2.18. The van der Waals surface area contributed by atoms with E-state index in [-0.39, 0.29) is 17.9 Å². The van der Waals surface area contributed by atoms with Crippen LogP contribution in [0.5, 0.6) is 11.5 Å². The predicted octanol–water partition coefficient (Wildman–Crippen LogP) is 2.77. The highest BCUT2D eigenvalue weighted by atomic mass is 16.5. The number of methoxy groups -OCH3 is 1. The molecule has 2 rings (SSSR count). The highest BCUT2D eigenvalue weighted by molar-refractivity contribution is 5.79. The summed E-state index contributed by atoms with van der Waals surface area (Å²) in [5.74, 6) is 1.78. The average molecular weight is 277 g/mol. The molecule has 1 aromatic rings. The Kier molecular flexibility index (Phi) is 5.27. The Morgan fingerprint density at radius 2 is 1.95 bits per heavy atom. The standard InChI is InChI=1S/C16H23NO3/c1-12(17-16(18)13-7-3-4-8-13)11-20-15-10-6-5-9-14(15)19-2/h5-6,9-10,12-13H,3-4,7-8,11H2,1-2H3,(H,17,18)/t12-/m0/s1. The lowest BCUT2D eigenvalue weighted by atomic mass is 10.1. The number of carbonyl (C=O) groups excluding carboxylic acids is 1. The Morgan fingerprint density at radius 1 is 1.30 bits per heavy atom. The minimum Gasteiger partial charge on any atom is -0.493 e. The minimum atomic E-state index is -0.00647. The molecule has 1 aromatic carbocycles. The topological polar surface area (TPSA) is 47.6 Å². The molecule has 0 aliphatic heterocycles. The molecule has 0 aromatic heterocycles. The van der Waals surface area contributed by atoms with Crippen molar-refractivity contribution >= 4 is 5.91 Å². The summed E-state index contributed by atoms with van der Waals surface area (Å²) >= 11 is 0. The highest BCUT2D eigenvalue weighted by Crippen LogP contribution is 2.26. The molecule has 4 nitrogen and oxygen atoms in total. The Morgan fingerprint density at radius 3 is 2.60 bits per heavy atom. The van der Waals surface area contributed by atoms with E-state index in [1.165, 1.54) is 12.8 Å². The van der Waals surface area contributed by atoms with Gasteiger partial charge in [-0.2, -0.15) is 0 Å². The van der Waals surface area contributed by atoms with Crippen LogP contribution in [0.4, 0.5) is 0 Å². The average Bonchev–Trinajstić information content (AvgIpc) is 2.99. The van der Waals surface area contributed by atoms with Crippen LogP contribution >= 0.6 is 0 Å². The molecule has 1 amide bonds. The number of hydrogen-bond acceptors (Lipinski definition) is 3. The second-order valence-electron chi connectivity index (χ2n) is 5.35. The molecule has 0 unspecified atom stereocenters. The third kappa shape index (κ3) is 3.89. The molecule has 0 heterocycles. The quantitative estimate of drug-likeness (QED) is 0.869. The maximum absolute atomic E-state index is 12.0. The second kappa shape index (κ2) is 7.17. The largest absolute Gasteiger partial charge is 0.493 e. The monoisotopic (exact) mass is 277 g/mol. The molecule has 1 aliphatic carbocycles. The second-order valence-corrected chi connectivity index (χ2v) is 5.35. The number of nitrogens with one attached hydrogen (secondary N) is 1. The summed E-state index contributed by atoms with van der Waals surface area (Å²) < 4.78 is 10.9. The number of amides is 1. The summed E-state index contributed by atoms with van der Waals surface area (Å²) in [5.41, 5.74) is 0. The third-order valence-electron chi connectivity index (χ3n) is 3.67. The minimum absolute atomic E-state index is 0.00647. The lowest BCUT2D eigenvalue weighted by Crippen LogP contribution is -2.39. The molecular formula is C16H23NO3. The molecule has 4 heteroatoms. The van der Waals surface area contributed by atoms with Crippen LogP contribution in [0.25, 0.3) is 0 Å². The van der Waals surface area contributed by atoms with Crippen LogP contribution in [0, 0.1) is 5.92 Å². The first kappa shape index (κ1) is 14.7. The Labute approximate surface area is 120 Å². The first-order valence-electron chi connectivity index (χ1n) is 7.27. The number of ether oxygens (including phenoxy) is 2. The van der Waals surface area contributed by atoms with Gasteiger partial charge in [0.1, 0.15) is 6.61 Å². The zero-order valence-corrected chi connectivity index (χ0v) is 12.2. The number of hydrogen-bond donors (Lipinski definition) is 1. The van der Waals surface area contributed by atoms with Gasteiger partial charge in [0.05, 0.1) is 13.2 Å². The SMILES string of the molecule is COc1ccccc1OC[C@H](C)NC(=O)C1CCCC1. The van der Waals surface area contributed by atoms with E-state index in [0.29, 0.717) is 18.1 Å². The smallest absolute Gasteiger partial charge is 0.223 e. The van der Waals surface area contributed by atoms with E-state index in [2.05, 4.69) is 5.32 Å².